The highest BCUT2D eigenvalue weighted by atomic mass is 19.4. The normalized spacial score (nSPS) is 13.6. The summed E-state index contributed by atoms with van der Waals surface area (Å²) in [4.78, 5) is 10.7. The Morgan fingerprint density at radius 2 is 2.00 bits per heavy atom. The number of carbonyl (C=O) groups excluding carboxylic acids is 1. The number of alkyl halides is 3. The largest absolute Gasteiger partial charge is 0.459 e. The second-order valence-electron chi connectivity index (χ2n) is 2.82. The summed E-state index contributed by atoms with van der Waals surface area (Å²) < 4.78 is 39.7. The minimum atomic E-state index is -4.31. The molecule has 13 heavy (non-hydrogen) atoms. The van der Waals surface area contributed by atoms with E-state index in [-0.39, 0.29) is 5.57 Å². The first-order chi connectivity index (χ1) is 5.72. The second-order valence-corrected chi connectivity index (χ2v) is 2.82. The number of rotatable bonds is 3. The van der Waals surface area contributed by atoms with E-state index in [1.54, 1.807) is 0 Å². The van der Waals surface area contributed by atoms with Gasteiger partial charge in [-0.15, -0.1) is 0 Å². The fraction of sp³-hybridized carbons (Fsp3) is 0.625. The Kier molecular flexibility index (Phi) is 3.97. The van der Waals surface area contributed by atoms with Crippen LogP contribution in [-0.4, -0.2) is 18.2 Å². The topological polar surface area (TPSA) is 26.3 Å². The fourth-order valence-electron chi connectivity index (χ4n) is 0.651. The van der Waals surface area contributed by atoms with Gasteiger partial charge in [0, 0.05) is 5.57 Å². The van der Waals surface area contributed by atoms with Crippen molar-refractivity contribution < 1.29 is 22.7 Å². The molecule has 0 saturated carbocycles. The van der Waals surface area contributed by atoms with Gasteiger partial charge < -0.3 is 4.74 Å². The summed E-state index contributed by atoms with van der Waals surface area (Å²) in [6.45, 7) is 5.82. The molecule has 0 bridgehead atoms. The Balaban J connectivity index is 3.95. The maximum atomic E-state index is 11.7. The van der Waals surface area contributed by atoms with Gasteiger partial charge in [-0.05, 0) is 13.8 Å². The Morgan fingerprint density at radius 1 is 1.54 bits per heavy atom. The van der Waals surface area contributed by atoms with Crippen LogP contribution in [0.3, 0.4) is 0 Å². The molecule has 1 atom stereocenters. The van der Waals surface area contributed by atoms with Gasteiger partial charge in [0.15, 0.2) is 0 Å². The van der Waals surface area contributed by atoms with Crippen LogP contribution in [0.25, 0.3) is 0 Å². The number of ether oxygens (including phenoxy) is 1. The molecule has 0 aliphatic heterocycles. The van der Waals surface area contributed by atoms with Crippen LogP contribution in [0.15, 0.2) is 12.2 Å². The average Bonchev–Trinajstić information content (AvgIpc) is 1.81. The van der Waals surface area contributed by atoms with Gasteiger partial charge in [0.1, 0.15) is 6.10 Å². The van der Waals surface area contributed by atoms with Crippen molar-refractivity contribution >= 4 is 5.97 Å². The summed E-state index contributed by atoms with van der Waals surface area (Å²) in [5.74, 6) is -0.795. The standard InChI is InChI=1S/C8H11F3O2/c1-5(2)7(12)13-6(3)4-8(9,10)11/h6H,1,4H2,2-3H3. The number of hydrogen-bond acceptors (Lipinski definition) is 2. The highest BCUT2D eigenvalue weighted by Gasteiger charge is 2.31. The molecule has 0 amide bonds. The monoisotopic (exact) mass is 196 g/mol. The van der Waals surface area contributed by atoms with Crippen LogP contribution >= 0.6 is 0 Å². The molecule has 0 aromatic rings. The number of hydrogen-bond donors (Lipinski definition) is 0. The van der Waals surface area contributed by atoms with Crippen molar-refractivity contribution in [2.45, 2.75) is 32.5 Å². The average molecular weight is 196 g/mol. The van der Waals surface area contributed by atoms with Crippen molar-refractivity contribution in [2.24, 2.45) is 0 Å². The van der Waals surface area contributed by atoms with Gasteiger partial charge in [0.25, 0.3) is 0 Å². The van der Waals surface area contributed by atoms with E-state index in [1.807, 2.05) is 0 Å². The molecule has 0 rings (SSSR count). The van der Waals surface area contributed by atoms with Crippen molar-refractivity contribution in [1.29, 1.82) is 0 Å². The Labute approximate surface area is 74.4 Å². The van der Waals surface area contributed by atoms with Gasteiger partial charge in [0.2, 0.25) is 0 Å². The first-order valence-corrected chi connectivity index (χ1v) is 3.65. The Hall–Kier alpha value is -1.00. The van der Waals surface area contributed by atoms with E-state index in [9.17, 15) is 18.0 Å². The predicted molar refractivity (Wildman–Crippen MR) is 41.0 cm³/mol. The van der Waals surface area contributed by atoms with Crippen LogP contribution in [0.4, 0.5) is 13.2 Å². The highest BCUT2D eigenvalue weighted by molar-refractivity contribution is 5.87. The lowest BCUT2D eigenvalue weighted by Gasteiger charge is -2.14. The van der Waals surface area contributed by atoms with Gasteiger partial charge in [-0.3, -0.25) is 0 Å². The molecule has 1 unspecified atom stereocenters. The molecule has 0 aliphatic rings. The molecule has 2 nitrogen and oxygen atoms in total. The maximum Gasteiger partial charge on any atom is 0.392 e. The quantitative estimate of drug-likeness (QED) is 0.512. The lowest BCUT2D eigenvalue weighted by molar-refractivity contribution is -0.167. The molecular formula is C8H11F3O2. The third kappa shape index (κ3) is 6.19. The van der Waals surface area contributed by atoms with E-state index in [4.69, 9.17) is 0 Å². The zero-order valence-electron chi connectivity index (χ0n) is 7.44. The van der Waals surface area contributed by atoms with Crippen LogP contribution in [0.5, 0.6) is 0 Å². The SMILES string of the molecule is C=C(C)C(=O)OC(C)CC(F)(F)F. The molecule has 0 aliphatic carbocycles. The van der Waals surface area contributed by atoms with Crippen molar-refractivity contribution in [3.63, 3.8) is 0 Å². The van der Waals surface area contributed by atoms with Gasteiger partial charge in [-0.25, -0.2) is 4.79 Å². The summed E-state index contributed by atoms with van der Waals surface area (Å²) in [6.07, 6.45) is -6.61. The highest BCUT2D eigenvalue weighted by Crippen LogP contribution is 2.22. The number of carbonyl (C=O) groups is 1. The lowest BCUT2D eigenvalue weighted by atomic mass is 10.2. The van der Waals surface area contributed by atoms with Crippen molar-refractivity contribution in [1.82, 2.24) is 0 Å². The lowest BCUT2D eigenvalue weighted by Crippen LogP contribution is -2.22. The molecule has 0 radical (unpaired) electrons. The second kappa shape index (κ2) is 4.30. The Morgan fingerprint density at radius 3 is 2.31 bits per heavy atom. The molecule has 0 heterocycles. The van der Waals surface area contributed by atoms with Crippen molar-refractivity contribution in [3.05, 3.63) is 12.2 Å². The van der Waals surface area contributed by atoms with E-state index in [2.05, 4.69) is 11.3 Å². The number of esters is 1. The molecular weight excluding hydrogens is 185 g/mol. The van der Waals surface area contributed by atoms with E-state index < -0.39 is 24.7 Å². The minimum Gasteiger partial charge on any atom is -0.459 e. The summed E-state index contributed by atoms with van der Waals surface area (Å²) in [5, 5.41) is 0. The molecule has 0 aromatic carbocycles. The summed E-state index contributed by atoms with van der Waals surface area (Å²) in [6, 6.07) is 0. The number of halogens is 3. The maximum absolute atomic E-state index is 11.7. The third-order valence-electron chi connectivity index (χ3n) is 1.18. The van der Waals surface area contributed by atoms with Gasteiger partial charge in [-0.2, -0.15) is 13.2 Å². The van der Waals surface area contributed by atoms with Crippen LogP contribution in [0.2, 0.25) is 0 Å². The molecule has 0 fully saturated rings. The predicted octanol–water partition coefficient (Wildman–Crippen LogP) is 2.45. The van der Waals surface area contributed by atoms with Gasteiger partial charge in [0.05, 0.1) is 6.42 Å². The fourth-order valence-corrected chi connectivity index (χ4v) is 0.651. The minimum absolute atomic E-state index is 0.0917. The van der Waals surface area contributed by atoms with Crippen LogP contribution < -0.4 is 0 Å². The first kappa shape index (κ1) is 12.0. The van der Waals surface area contributed by atoms with Crippen LogP contribution in [0.1, 0.15) is 20.3 Å². The van der Waals surface area contributed by atoms with E-state index >= 15 is 0 Å². The molecule has 0 aromatic heterocycles. The molecule has 5 heteroatoms. The van der Waals surface area contributed by atoms with E-state index in [0.717, 1.165) is 0 Å². The summed E-state index contributed by atoms with van der Waals surface area (Å²) in [5.41, 5.74) is 0.0917. The molecule has 0 saturated heterocycles. The van der Waals surface area contributed by atoms with Gasteiger partial charge in [-0.1, -0.05) is 6.58 Å². The summed E-state index contributed by atoms with van der Waals surface area (Å²) >= 11 is 0. The molecule has 0 spiro atoms. The Bertz CT molecular complexity index is 208. The third-order valence-corrected chi connectivity index (χ3v) is 1.18. The smallest absolute Gasteiger partial charge is 0.392 e. The van der Waals surface area contributed by atoms with Crippen LogP contribution in [-0.2, 0) is 9.53 Å². The molecule has 0 N–H and O–H groups in total. The zero-order chi connectivity index (χ0) is 10.6. The van der Waals surface area contributed by atoms with Crippen LogP contribution in [0, 0.1) is 0 Å². The van der Waals surface area contributed by atoms with E-state index in [1.165, 1.54) is 13.8 Å². The van der Waals surface area contributed by atoms with E-state index in [0.29, 0.717) is 0 Å². The van der Waals surface area contributed by atoms with Crippen molar-refractivity contribution in [2.75, 3.05) is 0 Å². The zero-order valence-corrected chi connectivity index (χ0v) is 7.44. The molecule has 76 valence electrons. The van der Waals surface area contributed by atoms with Crippen molar-refractivity contribution in [3.8, 4) is 0 Å². The first-order valence-electron chi connectivity index (χ1n) is 3.65. The summed E-state index contributed by atoms with van der Waals surface area (Å²) in [7, 11) is 0. The van der Waals surface area contributed by atoms with Gasteiger partial charge >= 0.3 is 12.1 Å².